The third-order valence-electron chi connectivity index (χ3n) is 2.66. The number of aromatic nitrogens is 1. The molecule has 1 heterocycles. The summed E-state index contributed by atoms with van der Waals surface area (Å²) in [7, 11) is 1.63. The van der Waals surface area contributed by atoms with E-state index in [9.17, 15) is 4.79 Å². The minimum atomic E-state index is -0.0540. The Morgan fingerprint density at radius 3 is 2.32 bits per heavy atom. The Morgan fingerprint density at radius 1 is 1.11 bits per heavy atom. The van der Waals surface area contributed by atoms with Gasteiger partial charge in [0.05, 0.1) is 13.3 Å². The summed E-state index contributed by atoms with van der Waals surface area (Å²) in [5, 5.41) is 0. The fourth-order valence-electron chi connectivity index (χ4n) is 1.56. The summed E-state index contributed by atoms with van der Waals surface area (Å²) in [4.78, 5) is 15.1. The van der Waals surface area contributed by atoms with Crippen LogP contribution in [0.5, 0.6) is 11.5 Å². The molecular formula is C15H15NO3. The summed E-state index contributed by atoms with van der Waals surface area (Å²) in [5.41, 5.74) is 1.48. The second-order valence-corrected chi connectivity index (χ2v) is 4.07. The summed E-state index contributed by atoms with van der Waals surface area (Å²) < 4.78 is 10.7. The van der Waals surface area contributed by atoms with Gasteiger partial charge in [0.2, 0.25) is 0 Å². The standard InChI is InChI=1S/C15H15NO3/c1-11(17)15-8-7-14(9-16-15)19-10-12-3-5-13(18-2)6-4-12/h3-9H,10H2,1-2H3. The van der Waals surface area contributed by atoms with Crippen LogP contribution in [0.3, 0.4) is 0 Å². The van der Waals surface area contributed by atoms with E-state index in [0.717, 1.165) is 11.3 Å². The van der Waals surface area contributed by atoms with Crippen molar-refractivity contribution in [3.63, 3.8) is 0 Å². The van der Waals surface area contributed by atoms with E-state index in [-0.39, 0.29) is 5.78 Å². The van der Waals surface area contributed by atoms with Crippen molar-refractivity contribution in [3.05, 3.63) is 53.9 Å². The van der Waals surface area contributed by atoms with Gasteiger partial charge in [0, 0.05) is 6.92 Å². The monoisotopic (exact) mass is 257 g/mol. The second-order valence-electron chi connectivity index (χ2n) is 4.07. The van der Waals surface area contributed by atoms with Gasteiger partial charge in [-0.15, -0.1) is 0 Å². The Hall–Kier alpha value is -2.36. The number of Topliss-reactive ketones (excluding diaryl/α,β-unsaturated/α-hetero) is 1. The molecule has 0 radical (unpaired) electrons. The van der Waals surface area contributed by atoms with Crippen molar-refractivity contribution in [1.29, 1.82) is 0 Å². The quantitative estimate of drug-likeness (QED) is 0.773. The highest BCUT2D eigenvalue weighted by molar-refractivity contribution is 5.92. The largest absolute Gasteiger partial charge is 0.497 e. The van der Waals surface area contributed by atoms with Crippen LogP contribution in [0, 0.1) is 0 Å². The molecule has 0 aliphatic carbocycles. The highest BCUT2D eigenvalue weighted by Gasteiger charge is 2.01. The Kier molecular flexibility index (Phi) is 4.13. The van der Waals surface area contributed by atoms with Gasteiger partial charge in [-0.1, -0.05) is 12.1 Å². The van der Waals surface area contributed by atoms with Crippen molar-refractivity contribution >= 4 is 5.78 Å². The van der Waals surface area contributed by atoms with Crippen LogP contribution < -0.4 is 9.47 Å². The molecule has 0 unspecified atom stereocenters. The van der Waals surface area contributed by atoms with E-state index in [2.05, 4.69) is 4.98 Å². The number of carbonyl (C=O) groups is 1. The molecule has 19 heavy (non-hydrogen) atoms. The molecule has 0 N–H and O–H groups in total. The maximum Gasteiger partial charge on any atom is 0.178 e. The maximum absolute atomic E-state index is 11.1. The topological polar surface area (TPSA) is 48.4 Å². The number of pyridine rings is 1. The highest BCUT2D eigenvalue weighted by Crippen LogP contribution is 2.15. The number of benzene rings is 1. The lowest BCUT2D eigenvalue weighted by Gasteiger charge is -2.07. The summed E-state index contributed by atoms with van der Waals surface area (Å²) in [6.07, 6.45) is 1.56. The van der Waals surface area contributed by atoms with E-state index in [1.54, 1.807) is 25.4 Å². The maximum atomic E-state index is 11.1. The van der Waals surface area contributed by atoms with Crippen LogP contribution in [0.25, 0.3) is 0 Å². The number of ketones is 1. The van der Waals surface area contributed by atoms with Crippen molar-refractivity contribution in [1.82, 2.24) is 4.98 Å². The first kappa shape index (κ1) is 13.1. The average Bonchev–Trinajstić information content (AvgIpc) is 2.46. The second kappa shape index (κ2) is 6.00. The molecule has 0 saturated heterocycles. The van der Waals surface area contributed by atoms with Crippen LogP contribution in [-0.4, -0.2) is 17.9 Å². The van der Waals surface area contributed by atoms with Gasteiger partial charge in [-0.25, -0.2) is 4.98 Å². The number of rotatable bonds is 5. The first-order chi connectivity index (χ1) is 9.19. The molecular weight excluding hydrogens is 242 g/mol. The first-order valence-electron chi connectivity index (χ1n) is 5.92. The molecule has 0 bridgehead atoms. The Morgan fingerprint density at radius 2 is 1.79 bits per heavy atom. The third-order valence-corrected chi connectivity index (χ3v) is 2.66. The lowest BCUT2D eigenvalue weighted by molar-refractivity contribution is 0.101. The first-order valence-corrected chi connectivity index (χ1v) is 5.92. The summed E-state index contributed by atoms with van der Waals surface area (Å²) in [6.45, 7) is 1.94. The van der Waals surface area contributed by atoms with Crippen LogP contribution in [0.1, 0.15) is 23.0 Å². The zero-order valence-electron chi connectivity index (χ0n) is 10.9. The molecule has 0 fully saturated rings. The lowest BCUT2D eigenvalue weighted by atomic mass is 10.2. The summed E-state index contributed by atoms with van der Waals surface area (Å²) in [6, 6.07) is 11.1. The Labute approximate surface area is 112 Å². The zero-order valence-corrected chi connectivity index (χ0v) is 10.9. The number of hydrogen-bond acceptors (Lipinski definition) is 4. The molecule has 0 aliphatic heterocycles. The summed E-state index contributed by atoms with van der Waals surface area (Å²) in [5.74, 6) is 1.40. The van der Waals surface area contributed by atoms with E-state index >= 15 is 0 Å². The molecule has 4 heteroatoms. The fraction of sp³-hybridized carbons (Fsp3) is 0.200. The predicted octanol–water partition coefficient (Wildman–Crippen LogP) is 2.87. The van der Waals surface area contributed by atoms with Gasteiger partial charge in [0.15, 0.2) is 5.78 Å². The van der Waals surface area contributed by atoms with Gasteiger partial charge in [-0.2, -0.15) is 0 Å². The van der Waals surface area contributed by atoms with E-state index in [4.69, 9.17) is 9.47 Å². The molecule has 0 spiro atoms. The number of carbonyl (C=O) groups excluding carboxylic acids is 1. The predicted molar refractivity (Wildman–Crippen MR) is 71.6 cm³/mol. The SMILES string of the molecule is COc1ccc(COc2ccc(C(C)=O)nc2)cc1. The average molecular weight is 257 g/mol. The van der Waals surface area contributed by atoms with Crippen LogP contribution in [0.15, 0.2) is 42.6 Å². The fourth-order valence-corrected chi connectivity index (χ4v) is 1.56. The molecule has 0 amide bonds. The number of methoxy groups -OCH3 is 1. The van der Waals surface area contributed by atoms with Crippen molar-refractivity contribution in [2.24, 2.45) is 0 Å². The van der Waals surface area contributed by atoms with Crippen molar-refractivity contribution in [2.75, 3.05) is 7.11 Å². The molecule has 0 saturated carbocycles. The van der Waals surface area contributed by atoms with E-state index in [1.807, 2.05) is 24.3 Å². The Bertz CT molecular complexity index is 547. The summed E-state index contributed by atoms with van der Waals surface area (Å²) >= 11 is 0. The Balaban J connectivity index is 1.95. The van der Waals surface area contributed by atoms with Gasteiger partial charge in [0.1, 0.15) is 23.8 Å². The van der Waals surface area contributed by atoms with Crippen molar-refractivity contribution in [3.8, 4) is 11.5 Å². The smallest absolute Gasteiger partial charge is 0.178 e. The van der Waals surface area contributed by atoms with Crippen LogP contribution in [0.2, 0.25) is 0 Å². The van der Waals surface area contributed by atoms with Gasteiger partial charge in [-0.05, 0) is 29.8 Å². The molecule has 1 aromatic carbocycles. The van der Waals surface area contributed by atoms with Crippen molar-refractivity contribution < 1.29 is 14.3 Å². The van der Waals surface area contributed by atoms with E-state index in [0.29, 0.717) is 18.1 Å². The number of nitrogens with zero attached hydrogens (tertiary/aromatic N) is 1. The van der Waals surface area contributed by atoms with E-state index in [1.165, 1.54) is 6.92 Å². The molecule has 0 atom stereocenters. The zero-order chi connectivity index (χ0) is 13.7. The number of hydrogen-bond donors (Lipinski definition) is 0. The normalized spacial score (nSPS) is 10.0. The van der Waals surface area contributed by atoms with E-state index < -0.39 is 0 Å². The highest BCUT2D eigenvalue weighted by atomic mass is 16.5. The van der Waals surface area contributed by atoms with Gasteiger partial charge in [-0.3, -0.25) is 4.79 Å². The van der Waals surface area contributed by atoms with Crippen LogP contribution >= 0.6 is 0 Å². The molecule has 4 nitrogen and oxygen atoms in total. The minimum absolute atomic E-state index is 0.0540. The molecule has 2 aromatic rings. The van der Waals surface area contributed by atoms with Crippen LogP contribution in [0.4, 0.5) is 0 Å². The minimum Gasteiger partial charge on any atom is -0.497 e. The molecule has 98 valence electrons. The van der Waals surface area contributed by atoms with Gasteiger partial charge >= 0.3 is 0 Å². The molecule has 0 aliphatic rings. The van der Waals surface area contributed by atoms with Crippen LogP contribution in [-0.2, 0) is 6.61 Å². The molecule has 2 rings (SSSR count). The van der Waals surface area contributed by atoms with Gasteiger partial charge < -0.3 is 9.47 Å². The third kappa shape index (κ3) is 3.55. The van der Waals surface area contributed by atoms with Gasteiger partial charge in [0.25, 0.3) is 0 Å². The van der Waals surface area contributed by atoms with Crippen molar-refractivity contribution in [2.45, 2.75) is 13.5 Å². The number of ether oxygens (including phenoxy) is 2. The lowest BCUT2D eigenvalue weighted by Crippen LogP contribution is -1.99. The molecule has 1 aromatic heterocycles.